The summed E-state index contributed by atoms with van der Waals surface area (Å²) in [5.74, 6) is 0.636. The summed E-state index contributed by atoms with van der Waals surface area (Å²) < 4.78 is 19.0. The van der Waals surface area contributed by atoms with E-state index < -0.39 is 5.67 Å². The van der Waals surface area contributed by atoms with E-state index in [1.807, 2.05) is 4.90 Å². The van der Waals surface area contributed by atoms with E-state index in [0.717, 1.165) is 0 Å². The van der Waals surface area contributed by atoms with Crippen LogP contribution in [0.5, 0.6) is 0 Å². The number of nitrogens with zero attached hydrogens (tertiary/aromatic N) is 1. The van der Waals surface area contributed by atoms with Gasteiger partial charge in [-0.05, 0) is 13.6 Å². The highest BCUT2D eigenvalue weighted by molar-refractivity contribution is 4.93. The lowest BCUT2D eigenvalue weighted by molar-refractivity contribution is 0.0448. The van der Waals surface area contributed by atoms with Gasteiger partial charge in [-0.25, -0.2) is 4.39 Å². The first-order valence-electron chi connectivity index (χ1n) is 4.93. The number of alkyl halides is 1. The Labute approximate surface area is 84.9 Å². The molecule has 0 amide bonds. The number of methoxy groups -OCH3 is 1. The predicted octanol–water partition coefficient (Wildman–Crippen LogP) is 1.13. The molecule has 14 heavy (non-hydrogen) atoms. The zero-order valence-electron chi connectivity index (χ0n) is 8.98. The van der Waals surface area contributed by atoms with Crippen LogP contribution in [-0.4, -0.2) is 44.4 Å². The van der Waals surface area contributed by atoms with Gasteiger partial charge in [-0.1, -0.05) is 0 Å². The topological polar surface area (TPSA) is 24.5 Å². The second kappa shape index (κ2) is 4.64. The molecule has 0 aromatic heterocycles. The molecular weight excluding hydrogens is 183 g/mol. The molecule has 0 radical (unpaired) electrons. The van der Waals surface area contributed by atoms with Gasteiger partial charge in [0.05, 0.1) is 7.11 Å². The quantitative estimate of drug-likeness (QED) is 0.692. The van der Waals surface area contributed by atoms with Crippen LogP contribution in [-0.2, 0) is 4.74 Å². The number of rotatable bonds is 4. The van der Waals surface area contributed by atoms with Crippen LogP contribution in [0.25, 0.3) is 0 Å². The van der Waals surface area contributed by atoms with Crippen molar-refractivity contribution in [1.82, 2.24) is 10.2 Å². The molecule has 82 valence electrons. The maximum atomic E-state index is 14.0. The zero-order valence-corrected chi connectivity index (χ0v) is 8.98. The minimum atomic E-state index is -1.06. The molecule has 1 N–H and O–H groups in total. The van der Waals surface area contributed by atoms with E-state index in [1.165, 1.54) is 0 Å². The second-order valence-corrected chi connectivity index (χ2v) is 3.77. The molecule has 1 saturated heterocycles. The third kappa shape index (κ3) is 2.61. The average Bonchev–Trinajstić information content (AvgIpc) is 2.18. The standard InChI is InChI=1S/C10H19FN2O/c1-9(14-3)13-6-4-10(11,5-7-13)8-12-2/h12H,1,4-8H2,2-3H3. The van der Waals surface area contributed by atoms with Crippen LogP contribution < -0.4 is 5.32 Å². The van der Waals surface area contributed by atoms with Crippen LogP contribution in [0.2, 0.25) is 0 Å². The maximum absolute atomic E-state index is 14.0. The van der Waals surface area contributed by atoms with Crippen LogP contribution in [0.1, 0.15) is 12.8 Å². The Bertz CT molecular complexity index is 200. The molecule has 1 fully saturated rings. The molecule has 0 aromatic rings. The van der Waals surface area contributed by atoms with Crippen LogP contribution in [0.15, 0.2) is 12.5 Å². The molecule has 1 aliphatic rings. The molecule has 1 heterocycles. The zero-order chi connectivity index (χ0) is 10.6. The van der Waals surface area contributed by atoms with Crippen molar-refractivity contribution in [3.8, 4) is 0 Å². The van der Waals surface area contributed by atoms with Gasteiger partial charge in [-0.3, -0.25) is 0 Å². The molecule has 4 heteroatoms. The number of hydrogen-bond donors (Lipinski definition) is 1. The van der Waals surface area contributed by atoms with Crippen molar-refractivity contribution in [2.75, 3.05) is 33.8 Å². The number of halogens is 1. The van der Waals surface area contributed by atoms with Gasteiger partial charge >= 0.3 is 0 Å². The van der Waals surface area contributed by atoms with Crippen molar-refractivity contribution in [3.05, 3.63) is 12.5 Å². The van der Waals surface area contributed by atoms with Gasteiger partial charge in [0.15, 0.2) is 5.88 Å². The molecule has 0 aliphatic carbocycles. The lowest BCUT2D eigenvalue weighted by atomic mass is 9.93. The fourth-order valence-corrected chi connectivity index (χ4v) is 1.78. The molecule has 0 saturated carbocycles. The van der Waals surface area contributed by atoms with E-state index in [1.54, 1.807) is 14.2 Å². The minimum Gasteiger partial charge on any atom is -0.483 e. The van der Waals surface area contributed by atoms with Crippen LogP contribution in [0.4, 0.5) is 4.39 Å². The van der Waals surface area contributed by atoms with E-state index in [4.69, 9.17) is 4.74 Å². The number of ether oxygens (including phenoxy) is 1. The molecule has 1 rings (SSSR count). The summed E-state index contributed by atoms with van der Waals surface area (Å²) in [5.41, 5.74) is -1.06. The van der Waals surface area contributed by atoms with Crippen molar-refractivity contribution < 1.29 is 9.13 Å². The Morgan fingerprint density at radius 1 is 1.57 bits per heavy atom. The van der Waals surface area contributed by atoms with Crippen LogP contribution in [0, 0.1) is 0 Å². The smallest absolute Gasteiger partial charge is 0.181 e. The first-order valence-corrected chi connectivity index (χ1v) is 4.93. The Hall–Kier alpha value is -0.770. The summed E-state index contributed by atoms with van der Waals surface area (Å²) in [4.78, 5) is 1.98. The van der Waals surface area contributed by atoms with Gasteiger partial charge in [0.2, 0.25) is 0 Å². The maximum Gasteiger partial charge on any atom is 0.181 e. The SMILES string of the molecule is C=C(OC)N1CCC(F)(CNC)CC1. The van der Waals surface area contributed by atoms with E-state index in [2.05, 4.69) is 11.9 Å². The van der Waals surface area contributed by atoms with Gasteiger partial charge in [-0.15, -0.1) is 0 Å². The molecule has 1 aliphatic heterocycles. The number of hydrogen-bond acceptors (Lipinski definition) is 3. The molecule has 0 spiro atoms. The van der Waals surface area contributed by atoms with Crippen molar-refractivity contribution in [2.24, 2.45) is 0 Å². The highest BCUT2D eigenvalue weighted by atomic mass is 19.1. The molecule has 0 atom stereocenters. The van der Waals surface area contributed by atoms with E-state index in [0.29, 0.717) is 38.4 Å². The van der Waals surface area contributed by atoms with Gasteiger partial charge in [0.25, 0.3) is 0 Å². The first kappa shape index (κ1) is 11.3. The van der Waals surface area contributed by atoms with Crippen molar-refractivity contribution in [1.29, 1.82) is 0 Å². The summed E-state index contributed by atoms with van der Waals surface area (Å²) in [5, 5.41) is 2.89. The van der Waals surface area contributed by atoms with E-state index >= 15 is 0 Å². The second-order valence-electron chi connectivity index (χ2n) is 3.77. The minimum absolute atomic E-state index is 0.431. The number of nitrogens with one attached hydrogen (secondary N) is 1. The van der Waals surface area contributed by atoms with E-state index in [-0.39, 0.29) is 0 Å². The number of likely N-dealkylation sites (tertiary alicyclic amines) is 1. The lowest BCUT2D eigenvalue weighted by Crippen LogP contribution is -2.46. The fourth-order valence-electron chi connectivity index (χ4n) is 1.78. The van der Waals surface area contributed by atoms with E-state index in [9.17, 15) is 4.39 Å². The molecule has 0 aromatic carbocycles. The van der Waals surface area contributed by atoms with Gasteiger partial charge in [0, 0.05) is 32.5 Å². The molecular formula is C10H19FN2O. The summed E-state index contributed by atoms with van der Waals surface area (Å²) in [6.45, 7) is 5.56. The Kier molecular flexibility index (Phi) is 3.75. The van der Waals surface area contributed by atoms with Crippen molar-refractivity contribution in [3.63, 3.8) is 0 Å². The summed E-state index contributed by atoms with van der Waals surface area (Å²) in [7, 11) is 3.37. The largest absolute Gasteiger partial charge is 0.483 e. The van der Waals surface area contributed by atoms with Crippen molar-refractivity contribution in [2.45, 2.75) is 18.5 Å². The summed E-state index contributed by atoms with van der Waals surface area (Å²) >= 11 is 0. The molecule has 0 unspecified atom stereocenters. The third-order valence-electron chi connectivity index (χ3n) is 2.74. The molecule has 3 nitrogen and oxygen atoms in total. The Morgan fingerprint density at radius 2 is 2.14 bits per heavy atom. The van der Waals surface area contributed by atoms with Gasteiger partial charge in [-0.2, -0.15) is 0 Å². The first-order chi connectivity index (χ1) is 6.61. The highest BCUT2D eigenvalue weighted by Gasteiger charge is 2.34. The van der Waals surface area contributed by atoms with Crippen LogP contribution >= 0.6 is 0 Å². The summed E-state index contributed by atoms with van der Waals surface area (Å²) in [6, 6.07) is 0. The third-order valence-corrected chi connectivity index (χ3v) is 2.74. The number of piperidine rings is 1. The molecule has 0 bridgehead atoms. The highest BCUT2D eigenvalue weighted by Crippen LogP contribution is 2.27. The Morgan fingerprint density at radius 3 is 2.57 bits per heavy atom. The predicted molar refractivity (Wildman–Crippen MR) is 54.7 cm³/mol. The lowest BCUT2D eigenvalue weighted by Gasteiger charge is -2.37. The summed E-state index contributed by atoms with van der Waals surface area (Å²) in [6.07, 6.45) is 1.08. The average molecular weight is 202 g/mol. The van der Waals surface area contributed by atoms with Crippen molar-refractivity contribution >= 4 is 0 Å². The van der Waals surface area contributed by atoms with Gasteiger partial charge < -0.3 is 15.0 Å². The monoisotopic (exact) mass is 202 g/mol. The fraction of sp³-hybridized carbons (Fsp3) is 0.800. The Balaban J connectivity index is 2.41. The van der Waals surface area contributed by atoms with Gasteiger partial charge in [0.1, 0.15) is 5.67 Å². The van der Waals surface area contributed by atoms with Crippen LogP contribution in [0.3, 0.4) is 0 Å². The normalized spacial score (nSPS) is 20.6.